The molecule has 4 aromatic rings. The monoisotopic (exact) mass is 413 g/mol. The fraction of sp³-hybridized carbons (Fsp3) is 0.263. The van der Waals surface area contributed by atoms with E-state index in [-0.39, 0.29) is 6.04 Å². The Morgan fingerprint density at radius 2 is 1.93 bits per heavy atom. The van der Waals surface area contributed by atoms with Crippen LogP contribution in [0.3, 0.4) is 0 Å². The summed E-state index contributed by atoms with van der Waals surface area (Å²) in [6, 6.07) is 8.33. The molecule has 4 rings (SSSR count). The van der Waals surface area contributed by atoms with E-state index < -0.39 is 0 Å². The lowest BCUT2D eigenvalue weighted by Crippen LogP contribution is -2.15. The molecule has 0 fully saturated rings. The molecule has 0 saturated carbocycles. The van der Waals surface area contributed by atoms with Crippen molar-refractivity contribution in [2.24, 2.45) is 0 Å². The number of H-pyrrole nitrogens is 1. The maximum Gasteiger partial charge on any atom is 0.200 e. The van der Waals surface area contributed by atoms with Gasteiger partial charge in [-0.05, 0) is 31.1 Å². The van der Waals surface area contributed by atoms with Crippen LogP contribution in [-0.2, 0) is 6.54 Å². The van der Waals surface area contributed by atoms with Crippen LogP contribution in [-0.4, -0.2) is 34.3 Å². The minimum atomic E-state index is -0.0964. The van der Waals surface area contributed by atoms with Crippen molar-refractivity contribution in [2.75, 3.05) is 0 Å². The average molecular weight is 414 g/mol. The average Bonchev–Trinajstić information content (AvgIpc) is 3.39. The molecule has 1 atom stereocenters. The highest BCUT2D eigenvalue weighted by atomic mass is 35.5. The number of aromatic nitrogens is 7. The number of hydrogen-bond donors (Lipinski definition) is 1. The van der Waals surface area contributed by atoms with E-state index in [1.54, 1.807) is 23.3 Å². The molecule has 0 bridgehead atoms. The SMILES string of the molecule is CC[C@@H](c1n[nH]c(=S)n1-c1cnn(Cc2ccc(C)cc2)c1)n1cc(Cl)cn1. The zero-order valence-electron chi connectivity index (χ0n) is 15.6. The van der Waals surface area contributed by atoms with E-state index >= 15 is 0 Å². The van der Waals surface area contributed by atoms with Crippen LogP contribution in [0.15, 0.2) is 49.1 Å². The van der Waals surface area contributed by atoms with E-state index in [1.807, 2.05) is 15.4 Å². The van der Waals surface area contributed by atoms with Crippen LogP contribution in [0, 0.1) is 11.7 Å². The van der Waals surface area contributed by atoms with Gasteiger partial charge < -0.3 is 0 Å². The maximum absolute atomic E-state index is 6.05. The molecule has 7 nitrogen and oxygen atoms in total. The molecule has 1 N–H and O–H groups in total. The zero-order valence-corrected chi connectivity index (χ0v) is 17.2. The summed E-state index contributed by atoms with van der Waals surface area (Å²) in [6.07, 6.45) is 7.96. The molecule has 3 heterocycles. The lowest BCUT2D eigenvalue weighted by molar-refractivity contribution is 0.477. The lowest BCUT2D eigenvalue weighted by Gasteiger charge is -2.15. The first-order valence-corrected chi connectivity index (χ1v) is 9.79. The van der Waals surface area contributed by atoms with E-state index in [4.69, 9.17) is 23.8 Å². The van der Waals surface area contributed by atoms with Crippen LogP contribution >= 0.6 is 23.8 Å². The third-order valence-electron chi connectivity index (χ3n) is 4.62. The van der Waals surface area contributed by atoms with Crippen molar-refractivity contribution in [3.63, 3.8) is 0 Å². The summed E-state index contributed by atoms with van der Waals surface area (Å²) >= 11 is 11.5. The molecular weight excluding hydrogens is 394 g/mol. The Labute approximate surface area is 172 Å². The summed E-state index contributed by atoms with van der Waals surface area (Å²) < 4.78 is 6.12. The summed E-state index contributed by atoms with van der Waals surface area (Å²) in [5.74, 6) is 0.766. The van der Waals surface area contributed by atoms with Gasteiger partial charge in [-0.1, -0.05) is 48.4 Å². The van der Waals surface area contributed by atoms with Gasteiger partial charge >= 0.3 is 0 Å². The maximum atomic E-state index is 6.05. The van der Waals surface area contributed by atoms with Crippen molar-refractivity contribution in [1.82, 2.24) is 34.3 Å². The van der Waals surface area contributed by atoms with Crippen molar-refractivity contribution < 1.29 is 0 Å². The molecule has 3 aromatic heterocycles. The molecule has 0 aliphatic rings. The Bertz CT molecular complexity index is 1140. The Kier molecular flexibility index (Phi) is 5.15. The minimum Gasteiger partial charge on any atom is -0.267 e. The van der Waals surface area contributed by atoms with Crippen LogP contribution in [0.2, 0.25) is 5.02 Å². The topological polar surface area (TPSA) is 69.2 Å². The molecule has 0 unspecified atom stereocenters. The summed E-state index contributed by atoms with van der Waals surface area (Å²) in [5, 5.41) is 16.8. The van der Waals surface area contributed by atoms with Gasteiger partial charge in [0, 0.05) is 12.4 Å². The first kappa shape index (κ1) is 18.6. The van der Waals surface area contributed by atoms with E-state index in [9.17, 15) is 0 Å². The second-order valence-electron chi connectivity index (χ2n) is 6.67. The molecular formula is C19H20ClN7S. The second kappa shape index (κ2) is 7.73. The van der Waals surface area contributed by atoms with Crippen LogP contribution in [0.4, 0.5) is 0 Å². The molecule has 1 aromatic carbocycles. The number of nitrogens with one attached hydrogen (secondary N) is 1. The number of aryl methyl sites for hydroxylation is 1. The number of benzene rings is 1. The fourth-order valence-electron chi connectivity index (χ4n) is 3.19. The first-order chi connectivity index (χ1) is 13.5. The molecule has 0 aliphatic heterocycles. The van der Waals surface area contributed by atoms with Crippen LogP contribution in [0.1, 0.15) is 36.3 Å². The lowest BCUT2D eigenvalue weighted by atomic mass is 10.1. The van der Waals surface area contributed by atoms with E-state index in [0.29, 0.717) is 16.3 Å². The molecule has 0 saturated heterocycles. The molecule has 28 heavy (non-hydrogen) atoms. The minimum absolute atomic E-state index is 0.0964. The Morgan fingerprint density at radius 3 is 2.61 bits per heavy atom. The number of rotatable bonds is 6. The predicted molar refractivity (Wildman–Crippen MR) is 110 cm³/mol. The Hall–Kier alpha value is -2.71. The van der Waals surface area contributed by atoms with Gasteiger partial charge in [0.15, 0.2) is 10.6 Å². The normalized spacial score (nSPS) is 12.4. The molecule has 0 spiro atoms. The number of nitrogens with zero attached hydrogens (tertiary/aromatic N) is 6. The summed E-state index contributed by atoms with van der Waals surface area (Å²) in [7, 11) is 0. The fourth-order valence-corrected chi connectivity index (χ4v) is 3.58. The largest absolute Gasteiger partial charge is 0.267 e. The molecule has 0 amide bonds. The van der Waals surface area contributed by atoms with Crippen molar-refractivity contribution >= 4 is 23.8 Å². The second-order valence-corrected chi connectivity index (χ2v) is 7.49. The van der Waals surface area contributed by atoms with Gasteiger partial charge in [0.2, 0.25) is 0 Å². The number of hydrogen-bond acceptors (Lipinski definition) is 4. The van der Waals surface area contributed by atoms with E-state index in [2.05, 4.69) is 58.5 Å². The standard InChI is InChI=1S/C19H20ClN7S/c1-3-17(26-11-15(20)8-22-26)18-23-24-19(28)27(18)16-9-21-25(12-16)10-14-6-4-13(2)5-7-14/h4-9,11-12,17H,3,10H2,1-2H3,(H,24,28)/t17-/m0/s1. The highest BCUT2D eigenvalue weighted by Crippen LogP contribution is 2.24. The van der Waals surface area contributed by atoms with Crippen molar-refractivity contribution in [3.05, 3.63) is 75.8 Å². The van der Waals surface area contributed by atoms with Gasteiger partial charge in [0.25, 0.3) is 0 Å². The van der Waals surface area contributed by atoms with Gasteiger partial charge in [0.1, 0.15) is 6.04 Å². The van der Waals surface area contributed by atoms with E-state index in [1.165, 1.54) is 11.1 Å². The highest BCUT2D eigenvalue weighted by Gasteiger charge is 2.21. The van der Waals surface area contributed by atoms with Crippen LogP contribution in [0.25, 0.3) is 5.69 Å². The smallest absolute Gasteiger partial charge is 0.200 e. The van der Waals surface area contributed by atoms with Gasteiger partial charge in [-0.3, -0.25) is 19.0 Å². The first-order valence-electron chi connectivity index (χ1n) is 9.00. The third-order valence-corrected chi connectivity index (χ3v) is 5.08. The zero-order chi connectivity index (χ0) is 19.7. The molecule has 144 valence electrons. The van der Waals surface area contributed by atoms with Gasteiger partial charge in [-0.25, -0.2) is 0 Å². The van der Waals surface area contributed by atoms with Crippen molar-refractivity contribution in [3.8, 4) is 5.69 Å². The Balaban J connectivity index is 1.67. The summed E-state index contributed by atoms with van der Waals surface area (Å²) in [4.78, 5) is 0. The van der Waals surface area contributed by atoms with Crippen LogP contribution < -0.4 is 0 Å². The predicted octanol–water partition coefficient (Wildman–Crippen LogP) is 4.33. The van der Waals surface area contributed by atoms with Gasteiger partial charge in [0.05, 0.1) is 29.6 Å². The van der Waals surface area contributed by atoms with Gasteiger partial charge in [-0.2, -0.15) is 15.3 Å². The van der Waals surface area contributed by atoms with Crippen LogP contribution in [0.5, 0.6) is 0 Å². The Morgan fingerprint density at radius 1 is 1.14 bits per heavy atom. The summed E-state index contributed by atoms with van der Waals surface area (Å²) in [6.45, 7) is 4.84. The van der Waals surface area contributed by atoms with E-state index in [0.717, 1.165) is 17.9 Å². The number of aromatic amines is 1. The third kappa shape index (κ3) is 3.65. The molecule has 9 heteroatoms. The van der Waals surface area contributed by atoms with Crippen molar-refractivity contribution in [1.29, 1.82) is 0 Å². The highest BCUT2D eigenvalue weighted by molar-refractivity contribution is 7.71. The molecule has 0 aliphatic carbocycles. The summed E-state index contributed by atoms with van der Waals surface area (Å²) in [5.41, 5.74) is 3.29. The van der Waals surface area contributed by atoms with Gasteiger partial charge in [-0.15, -0.1) is 0 Å². The molecule has 0 radical (unpaired) electrons. The van der Waals surface area contributed by atoms with Crippen molar-refractivity contribution in [2.45, 2.75) is 32.9 Å². The quantitative estimate of drug-likeness (QED) is 0.477. The number of halogens is 1.